The molecule has 1 unspecified atom stereocenters. The third-order valence-corrected chi connectivity index (χ3v) is 3.41. The summed E-state index contributed by atoms with van der Waals surface area (Å²) >= 11 is 0. The molecule has 0 aliphatic rings. The number of likely N-dealkylation sites (N-methyl/N-ethyl adjacent to an activating group) is 1. The molecule has 2 N–H and O–H groups in total. The average Bonchev–Trinajstić information content (AvgIpc) is 2.42. The Morgan fingerprint density at radius 2 is 1.60 bits per heavy atom. The van der Waals surface area contributed by atoms with E-state index in [0.717, 1.165) is 25.7 Å². The number of unbranched alkanes of at least 4 members (excludes halogenated alkanes) is 4. The second kappa shape index (κ2) is 12.5. The fraction of sp³-hybridized carbons (Fsp3) is 0.722. The van der Waals surface area contributed by atoms with Crippen LogP contribution in [-0.2, 0) is 19.1 Å². The second-order valence-corrected chi connectivity index (χ2v) is 7.20. The number of allylic oxidation sites excluding steroid dienone is 1. The van der Waals surface area contributed by atoms with Gasteiger partial charge in [-0.25, -0.2) is 0 Å². The van der Waals surface area contributed by atoms with Gasteiger partial charge in [-0.05, 0) is 19.3 Å². The summed E-state index contributed by atoms with van der Waals surface area (Å²) in [6.45, 7) is 0.459. The molecule has 0 heterocycles. The summed E-state index contributed by atoms with van der Waals surface area (Å²) in [4.78, 5) is 33.1. The monoisotopic (exact) mass is 358 g/mol. The van der Waals surface area contributed by atoms with Gasteiger partial charge in [0.2, 0.25) is 0 Å². The van der Waals surface area contributed by atoms with Crippen molar-refractivity contribution in [2.24, 2.45) is 0 Å². The van der Waals surface area contributed by atoms with Crippen molar-refractivity contribution < 1.29 is 33.8 Å². The Morgan fingerprint density at radius 3 is 2.16 bits per heavy atom. The summed E-state index contributed by atoms with van der Waals surface area (Å²) in [5, 5.41) is 17.4. The molecule has 25 heavy (non-hydrogen) atoms. The van der Waals surface area contributed by atoms with Crippen molar-refractivity contribution in [1.82, 2.24) is 0 Å². The van der Waals surface area contributed by atoms with Crippen LogP contribution in [0.4, 0.5) is 0 Å². The Kier molecular flexibility index (Phi) is 11.5. The minimum atomic E-state index is -0.970. The zero-order chi connectivity index (χ0) is 19.3. The van der Waals surface area contributed by atoms with Crippen molar-refractivity contribution >= 4 is 17.9 Å². The van der Waals surface area contributed by atoms with Crippen molar-refractivity contribution in [3.63, 3.8) is 0 Å². The number of rotatable bonds is 14. The number of carbonyl (C=O) groups excluding carboxylic acids is 1. The number of esters is 1. The van der Waals surface area contributed by atoms with Gasteiger partial charge in [0.25, 0.3) is 0 Å². The quantitative estimate of drug-likeness (QED) is 0.214. The van der Waals surface area contributed by atoms with Crippen LogP contribution in [0.3, 0.4) is 0 Å². The maximum atomic E-state index is 11.9. The molecule has 7 nitrogen and oxygen atoms in total. The first kappa shape index (κ1) is 23.1. The van der Waals surface area contributed by atoms with Crippen LogP contribution in [0.25, 0.3) is 0 Å². The number of carbonyl (C=O) groups is 3. The van der Waals surface area contributed by atoms with Crippen molar-refractivity contribution in [1.29, 1.82) is 0 Å². The van der Waals surface area contributed by atoms with Crippen LogP contribution >= 0.6 is 0 Å². The van der Waals surface area contributed by atoms with Gasteiger partial charge in [0.15, 0.2) is 6.10 Å². The summed E-state index contributed by atoms with van der Waals surface area (Å²) in [7, 11) is 5.77. The lowest BCUT2D eigenvalue weighted by Crippen LogP contribution is -2.43. The summed E-state index contributed by atoms with van der Waals surface area (Å²) in [6.07, 6.45) is 7.42. The molecule has 1 atom stereocenters. The smallest absolute Gasteiger partial charge is 0.307 e. The fourth-order valence-corrected chi connectivity index (χ4v) is 2.38. The van der Waals surface area contributed by atoms with Gasteiger partial charge in [-0.2, -0.15) is 0 Å². The molecular weight excluding hydrogens is 326 g/mol. The van der Waals surface area contributed by atoms with Crippen molar-refractivity contribution in [2.75, 3.05) is 27.7 Å². The van der Waals surface area contributed by atoms with E-state index in [1.54, 1.807) is 6.08 Å². The number of carboxylic acid groups (broad SMARTS) is 2. The Bertz CT molecular complexity index is 453. The number of ether oxygens (including phenoxy) is 1. The molecule has 0 saturated carbocycles. The number of carboxylic acids is 2. The molecule has 0 radical (unpaired) electrons. The summed E-state index contributed by atoms with van der Waals surface area (Å²) in [5.74, 6) is -2.15. The maximum absolute atomic E-state index is 11.9. The normalized spacial score (nSPS) is 12.9. The number of aliphatic carboxylic acids is 2. The lowest BCUT2D eigenvalue weighted by molar-refractivity contribution is -0.873. The lowest BCUT2D eigenvalue weighted by atomic mass is 10.1. The molecule has 0 aromatic heterocycles. The van der Waals surface area contributed by atoms with Crippen LogP contribution in [0.5, 0.6) is 0 Å². The van der Waals surface area contributed by atoms with Crippen LogP contribution in [-0.4, -0.2) is 66.4 Å². The van der Waals surface area contributed by atoms with E-state index in [2.05, 4.69) is 0 Å². The molecule has 0 aromatic rings. The summed E-state index contributed by atoms with van der Waals surface area (Å²) in [6, 6.07) is 0. The Labute approximate surface area is 149 Å². The molecule has 0 bridgehead atoms. The highest BCUT2D eigenvalue weighted by Gasteiger charge is 2.24. The van der Waals surface area contributed by atoms with Crippen molar-refractivity contribution in [3.8, 4) is 0 Å². The van der Waals surface area contributed by atoms with Gasteiger partial charge in [-0.1, -0.05) is 25.0 Å². The van der Waals surface area contributed by atoms with Gasteiger partial charge in [-0.3, -0.25) is 14.4 Å². The van der Waals surface area contributed by atoms with Crippen molar-refractivity contribution in [3.05, 3.63) is 12.2 Å². The molecule has 0 aliphatic carbocycles. The van der Waals surface area contributed by atoms with E-state index in [9.17, 15) is 14.4 Å². The lowest BCUT2D eigenvalue weighted by Gasteiger charge is -2.28. The Hall–Kier alpha value is -1.89. The van der Waals surface area contributed by atoms with E-state index in [1.807, 2.05) is 27.2 Å². The topological polar surface area (TPSA) is 101 Å². The third-order valence-electron chi connectivity index (χ3n) is 3.41. The second-order valence-electron chi connectivity index (χ2n) is 7.20. The molecular formula is C18H32NO6+. The van der Waals surface area contributed by atoms with Gasteiger partial charge in [0, 0.05) is 6.42 Å². The molecule has 0 amide bonds. The van der Waals surface area contributed by atoms with Crippen LogP contribution in [0.15, 0.2) is 12.2 Å². The van der Waals surface area contributed by atoms with E-state index in [0.29, 0.717) is 23.9 Å². The minimum Gasteiger partial charge on any atom is -0.481 e. The average molecular weight is 358 g/mol. The molecule has 0 fully saturated rings. The van der Waals surface area contributed by atoms with E-state index >= 15 is 0 Å². The van der Waals surface area contributed by atoms with E-state index in [1.165, 1.54) is 0 Å². The summed E-state index contributed by atoms with van der Waals surface area (Å²) in [5.41, 5.74) is 0. The molecule has 7 heteroatoms. The molecule has 0 spiro atoms. The van der Waals surface area contributed by atoms with Gasteiger partial charge < -0.3 is 19.4 Å². The SMILES string of the molecule is C[N+](C)(C)CC(CC(=O)O)OC(=O)CCCCCC/C=C/CC(=O)O. The first-order valence-electron chi connectivity index (χ1n) is 8.68. The van der Waals surface area contributed by atoms with Gasteiger partial charge in [-0.15, -0.1) is 0 Å². The Balaban J connectivity index is 3.90. The van der Waals surface area contributed by atoms with Gasteiger partial charge in [0.05, 0.1) is 34.0 Å². The number of quaternary nitrogens is 1. The zero-order valence-corrected chi connectivity index (χ0v) is 15.6. The first-order chi connectivity index (χ1) is 11.6. The van der Waals surface area contributed by atoms with E-state index < -0.39 is 18.0 Å². The molecule has 0 rings (SSSR count). The highest BCUT2D eigenvalue weighted by Crippen LogP contribution is 2.10. The van der Waals surface area contributed by atoms with Crippen LogP contribution < -0.4 is 0 Å². The number of hydrogen-bond donors (Lipinski definition) is 2. The molecule has 0 aliphatic heterocycles. The van der Waals surface area contributed by atoms with Gasteiger partial charge in [0.1, 0.15) is 6.54 Å². The number of nitrogens with zero attached hydrogens (tertiary/aromatic N) is 1. The maximum Gasteiger partial charge on any atom is 0.307 e. The van der Waals surface area contributed by atoms with Crippen LogP contribution in [0.2, 0.25) is 0 Å². The number of hydrogen-bond acceptors (Lipinski definition) is 4. The fourth-order valence-electron chi connectivity index (χ4n) is 2.38. The van der Waals surface area contributed by atoms with E-state index in [4.69, 9.17) is 14.9 Å². The van der Waals surface area contributed by atoms with Gasteiger partial charge >= 0.3 is 17.9 Å². The largest absolute Gasteiger partial charge is 0.481 e. The molecule has 0 aromatic carbocycles. The first-order valence-corrected chi connectivity index (χ1v) is 8.68. The van der Waals surface area contributed by atoms with E-state index in [-0.39, 0.29) is 18.8 Å². The van der Waals surface area contributed by atoms with Crippen LogP contribution in [0, 0.1) is 0 Å². The Morgan fingerprint density at radius 1 is 0.960 bits per heavy atom. The third kappa shape index (κ3) is 16.7. The predicted octanol–water partition coefficient (Wildman–Crippen LogP) is 2.45. The predicted molar refractivity (Wildman–Crippen MR) is 94.1 cm³/mol. The highest BCUT2D eigenvalue weighted by molar-refractivity contribution is 5.71. The summed E-state index contributed by atoms with van der Waals surface area (Å²) < 4.78 is 5.85. The van der Waals surface area contributed by atoms with Crippen LogP contribution in [0.1, 0.15) is 51.4 Å². The molecule has 0 saturated heterocycles. The molecule has 144 valence electrons. The zero-order valence-electron chi connectivity index (χ0n) is 15.6. The highest BCUT2D eigenvalue weighted by atomic mass is 16.5. The minimum absolute atomic E-state index is 0.0522. The van der Waals surface area contributed by atoms with Crippen molar-refractivity contribution in [2.45, 2.75) is 57.5 Å². The standard InChI is InChI=1S/C18H31NO6/c1-19(2,3)14-15(13-17(22)23)25-18(24)12-10-8-6-4-5-7-9-11-16(20)21/h7,9,15H,4-6,8,10-14H2,1-3H3,(H-,20,21,22,23)/p+1/b9-7+.